The quantitative estimate of drug-likeness (QED) is 0.760. The lowest BCUT2D eigenvalue weighted by Gasteiger charge is -2.50. The third-order valence-corrected chi connectivity index (χ3v) is 8.47. The number of hydrogen-bond donors (Lipinski definition) is 1. The SMILES string of the molecule is CC1(C)CN(c2ccc(F)cc2)CCN1[C@H]1C=C(c2nc3c(c(=O)[nH]2)CC2(CC3)CC2)CC1. The van der Waals surface area contributed by atoms with Crippen LogP contribution in [0, 0.1) is 11.2 Å². The van der Waals surface area contributed by atoms with Crippen LogP contribution in [0.3, 0.4) is 0 Å². The molecule has 1 saturated carbocycles. The summed E-state index contributed by atoms with van der Waals surface area (Å²) in [6.45, 7) is 7.36. The molecular formula is C27H33FN4O. The average Bonchev–Trinajstić information content (AvgIpc) is 3.35. The van der Waals surface area contributed by atoms with Crippen LogP contribution in [0.5, 0.6) is 0 Å². The van der Waals surface area contributed by atoms with Crippen LogP contribution in [0.4, 0.5) is 10.1 Å². The minimum atomic E-state index is -0.193. The maximum absolute atomic E-state index is 13.3. The molecule has 2 aromatic rings. The summed E-state index contributed by atoms with van der Waals surface area (Å²) in [4.78, 5) is 25.9. The van der Waals surface area contributed by atoms with Gasteiger partial charge in [0.15, 0.2) is 0 Å². The average molecular weight is 449 g/mol. The number of halogens is 1. The Balaban J connectivity index is 1.20. The summed E-state index contributed by atoms with van der Waals surface area (Å²) in [6.07, 6.45) is 9.93. The van der Waals surface area contributed by atoms with Crippen LogP contribution in [-0.4, -0.2) is 46.1 Å². The highest BCUT2D eigenvalue weighted by Gasteiger charge is 2.46. The molecule has 33 heavy (non-hydrogen) atoms. The van der Waals surface area contributed by atoms with Crippen molar-refractivity contribution in [3.63, 3.8) is 0 Å². The van der Waals surface area contributed by atoms with Crippen molar-refractivity contribution in [1.82, 2.24) is 14.9 Å². The van der Waals surface area contributed by atoms with E-state index in [2.05, 4.69) is 34.7 Å². The molecule has 5 nitrogen and oxygen atoms in total. The van der Waals surface area contributed by atoms with Crippen LogP contribution in [0.2, 0.25) is 0 Å². The number of fused-ring (bicyclic) bond motifs is 1. The van der Waals surface area contributed by atoms with E-state index >= 15 is 0 Å². The molecule has 1 saturated heterocycles. The molecule has 2 fully saturated rings. The second-order valence-electron chi connectivity index (χ2n) is 11.2. The number of H-pyrrole nitrogens is 1. The van der Waals surface area contributed by atoms with Crippen molar-refractivity contribution in [1.29, 1.82) is 0 Å². The molecule has 2 heterocycles. The Labute approximate surface area is 194 Å². The maximum atomic E-state index is 13.3. The number of nitrogens with one attached hydrogen (secondary N) is 1. The standard InChI is InChI=1S/C27H33FN4O/c1-26(2)17-31(20-7-4-19(28)5-8-20)13-14-32(26)21-6-3-18(15-21)24-29-23-9-10-27(11-12-27)16-22(23)25(33)30-24/h4-5,7-8,15,21H,3,6,9-14,16-17H2,1-2H3,(H,29,30,33)/t21-/m1/s1. The number of rotatable bonds is 3. The summed E-state index contributed by atoms with van der Waals surface area (Å²) < 4.78 is 13.3. The maximum Gasteiger partial charge on any atom is 0.254 e. The van der Waals surface area contributed by atoms with Crippen LogP contribution in [0.15, 0.2) is 35.1 Å². The molecule has 0 radical (unpaired) electrons. The van der Waals surface area contributed by atoms with Gasteiger partial charge in [-0.2, -0.15) is 0 Å². The zero-order chi connectivity index (χ0) is 22.8. The summed E-state index contributed by atoms with van der Waals surface area (Å²) in [7, 11) is 0. The summed E-state index contributed by atoms with van der Waals surface area (Å²) >= 11 is 0. The molecule has 1 spiro atoms. The van der Waals surface area contributed by atoms with Crippen molar-refractivity contribution < 1.29 is 4.39 Å². The number of allylic oxidation sites excluding steroid dienone is 1. The fourth-order valence-electron chi connectivity index (χ4n) is 6.34. The largest absolute Gasteiger partial charge is 0.368 e. The minimum Gasteiger partial charge on any atom is -0.368 e. The van der Waals surface area contributed by atoms with Crippen molar-refractivity contribution in [2.75, 3.05) is 24.5 Å². The van der Waals surface area contributed by atoms with E-state index in [-0.39, 0.29) is 16.9 Å². The van der Waals surface area contributed by atoms with E-state index in [0.29, 0.717) is 11.5 Å². The van der Waals surface area contributed by atoms with Crippen molar-refractivity contribution in [3.8, 4) is 0 Å². The number of aryl methyl sites for hydroxylation is 1. The van der Waals surface area contributed by atoms with Crippen molar-refractivity contribution in [2.45, 2.75) is 70.4 Å². The fraction of sp³-hybridized carbons (Fsp3) is 0.556. The van der Waals surface area contributed by atoms with E-state index in [4.69, 9.17) is 4.98 Å². The first-order valence-corrected chi connectivity index (χ1v) is 12.4. The number of aromatic amines is 1. The number of nitrogens with zero attached hydrogens (tertiary/aromatic N) is 3. The Morgan fingerprint density at radius 1 is 1.09 bits per heavy atom. The third kappa shape index (κ3) is 3.82. The molecule has 174 valence electrons. The van der Waals surface area contributed by atoms with E-state index in [1.54, 1.807) is 0 Å². The first kappa shape index (κ1) is 21.1. The summed E-state index contributed by atoms with van der Waals surface area (Å²) in [5.41, 5.74) is 4.72. The molecule has 6 rings (SSSR count). The lowest BCUT2D eigenvalue weighted by atomic mass is 9.84. The highest BCUT2D eigenvalue weighted by atomic mass is 19.1. The zero-order valence-electron chi connectivity index (χ0n) is 19.7. The summed E-state index contributed by atoms with van der Waals surface area (Å²) in [5, 5.41) is 0. The van der Waals surface area contributed by atoms with Gasteiger partial charge in [-0.1, -0.05) is 6.08 Å². The predicted molar refractivity (Wildman–Crippen MR) is 129 cm³/mol. The first-order valence-electron chi connectivity index (χ1n) is 12.4. The highest BCUT2D eigenvalue weighted by Crippen LogP contribution is 2.54. The topological polar surface area (TPSA) is 52.2 Å². The lowest BCUT2D eigenvalue weighted by Crippen LogP contribution is -2.61. The van der Waals surface area contributed by atoms with Gasteiger partial charge < -0.3 is 9.88 Å². The number of hydrogen-bond acceptors (Lipinski definition) is 4. The van der Waals surface area contributed by atoms with Gasteiger partial charge >= 0.3 is 0 Å². The molecule has 6 heteroatoms. The molecular weight excluding hydrogens is 415 g/mol. The molecule has 1 N–H and O–H groups in total. The molecule has 1 aromatic carbocycles. The van der Waals surface area contributed by atoms with Crippen molar-refractivity contribution in [2.24, 2.45) is 5.41 Å². The number of benzene rings is 1. The first-order chi connectivity index (χ1) is 15.8. The Kier molecular flexibility index (Phi) is 4.81. The monoisotopic (exact) mass is 448 g/mol. The van der Waals surface area contributed by atoms with Gasteiger partial charge in [-0.25, -0.2) is 9.37 Å². The predicted octanol–water partition coefficient (Wildman–Crippen LogP) is 4.32. The van der Waals surface area contributed by atoms with Crippen LogP contribution in [0.25, 0.3) is 5.57 Å². The number of anilines is 1. The zero-order valence-corrected chi connectivity index (χ0v) is 19.7. The van der Waals surface area contributed by atoms with E-state index in [1.807, 2.05) is 12.1 Å². The third-order valence-electron chi connectivity index (χ3n) is 8.47. The van der Waals surface area contributed by atoms with Crippen LogP contribution in [-0.2, 0) is 12.8 Å². The molecule has 0 bridgehead atoms. The molecule has 1 aliphatic heterocycles. The molecule has 0 unspecified atom stereocenters. The van der Waals surface area contributed by atoms with E-state index in [0.717, 1.165) is 68.1 Å². The Bertz CT molecular complexity index is 1160. The Morgan fingerprint density at radius 3 is 2.61 bits per heavy atom. The van der Waals surface area contributed by atoms with Crippen molar-refractivity contribution in [3.05, 3.63) is 63.6 Å². The van der Waals surface area contributed by atoms with Crippen LogP contribution < -0.4 is 10.5 Å². The van der Waals surface area contributed by atoms with Gasteiger partial charge in [-0.05, 0) is 94.0 Å². The van der Waals surface area contributed by atoms with Gasteiger partial charge in [0.05, 0.1) is 5.69 Å². The van der Waals surface area contributed by atoms with Gasteiger partial charge in [0.25, 0.3) is 5.56 Å². The van der Waals surface area contributed by atoms with Crippen LogP contribution >= 0.6 is 0 Å². The normalized spacial score (nSPS) is 25.7. The van der Waals surface area contributed by atoms with Gasteiger partial charge in [-0.3, -0.25) is 9.69 Å². The molecule has 3 aliphatic carbocycles. The van der Waals surface area contributed by atoms with Gasteiger partial charge in [-0.15, -0.1) is 0 Å². The van der Waals surface area contributed by atoms with Gasteiger partial charge in [0.2, 0.25) is 0 Å². The Hall–Kier alpha value is -2.47. The molecule has 0 amide bonds. The fourth-order valence-corrected chi connectivity index (χ4v) is 6.34. The highest BCUT2D eigenvalue weighted by molar-refractivity contribution is 5.63. The van der Waals surface area contributed by atoms with Gasteiger partial charge in [0.1, 0.15) is 11.6 Å². The van der Waals surface area contributed by atoms with E-state index in [1.165, 1.54) is 37.0 Å². The second-order valence-corrected chi connectivity index (χ2v) is 11.2. The van der Waals surface area contributed by atoms with Gasteiger partial charge in [0, 0.05) is 42.5 Å². The smallest absolute Gasteiger partial charge is 0.254 e. The lowest BCUT2D eigenvalue weighted by molar-refractivity contribution is 0.0755. The number of piperazine rings is 1. The van der Waals surface area contributed by atoms with Crippen LogP contribution in [0.1, 0.15) is 63.0 Å². The van der Waals surface area contributed by atoms with E-state index in [9.17, 15) is 9.18 Å². The molecule has 1 atom stereocenters. The summed E-state index contributed by atoms with van der Waals surface area (Å²) in [6, 6.07) is 7.17. The minimum absolute atomic E-state index is 0.0154. The molecule has 4 aliphatic rings. The van der Waals surface area contributed by atoms with Crippen molar-refractivity contribution >= 4 is 11.3 Å². The molecule has 1 aromatic heterocycles. The second kappa shape index (κ2) is 7.52. The Morgan fingerprint density at radius 2 is 1.88 bits per heavy atom. The summed E-state index contributed by atoms with van der Waals surface area (Å²) in [5.74, 6) is 0.594. The number of aromatic nitrogens is 2. The van der Waals surface area contributed by atoms with E-state index < -0.39 is 0 Å².